The SMILES string of the molecule is CCn1c(SCC(=O)N/N=C\c2ccncc2)nc2ccccc21. The van der Waals surface area contributed by atoms with E-state index in [1.165, 1.54) is 11.8 Å². The standard InChI is InChI=1S/C17H17N5OS/c1-2-22-15-6-4-3-5-14(15)20-17(22)24-12-16(23)21-19-11-13-7-9-18-10-8-13/h3-11H,2,12H2,1H3,(H,21,23)/b19-11-. The Morgan fingerprint density at radius 3 is 2.88 bits per heavy atom. The Hall–Kier alpha value is -2.67. The number of aryl methyl sites for hydroxylation is 1. The molecule has 0 spiro atoms. The molecule has 0 radical (unpaired) electrons. The fourth-order valence-electron chi connectivity index (χ4n) is 2.26. The summed E-state index contributed by atoms with van der Waals surface area (Å²) in [5.41, 5.74) is 5.43. The van der Waals surface area contributed by atoms with Crippen LogP contribution in [-0.2, 0) is 11.3 Å². The van der Waals surface area contributed by atoms with E-state index in [9.17, 15) is 4.79 Å². The smallest absolute Gasteiger partial charge is 0.250 e. The van der Waals surface area contributed by atoms with E-state index in [2.05, 4.69) is 32.0 Å². The van der Waals surface area contributed by atoms with E-state index in [1.807, 2.05) is 36.4 Å². The first kappa shape index (κ1) is 16.2. The highest BCUT2D eigenvalue weighted by Gasteiger charge is 2.11. The predicted molar refractivity (Wildman–Crippen MR) is 96.1 cm³/mol. The summed E-state index contributed by atoms with van der Waals surface area (Å²) in [7, 11) is 0. The van der Waals surface area contributed by atoms with Crippen molar-refractivity contribution in [2.45, 2.75) is 18.6 Å². The highest BCUT2D eigenvalue weighted by Crippen LogP contribution is 2.23. The molecule has 0 aliphatic heterocycles. The van der Waals surface area contributed by atoms with Crippen LogP contribution in [0.25, 0.3) is 11.0 Å². The summed E-state index contributed by atoms with van der Waals surface area (Å²) in [6.45, 7) is 2.88. The van der Waals surface area contributed by atoms with Gasteiger partial charge in [-0.2, -0.15) is 5.10 Å². The zero-order valence-corrected chi connectivity index (χ0v) is 14.0. The lowest BCUT2D eigenvalue weighted by Gasteiger charge is -2.04. The van der Waals surface area contributed by atoms with Crippen molar-refractivity contribution in [3.63, 3.8) is 0 Å². The van der Waals surface area contributed by atoms with Gasteiger partial charge in [0.15, 0.2) is 5.16 Å². The van der Waals surface area contributed by atoms with Crippen molar-refractivity contribution in [1.29, 1.82) is 0 Å². The van der Waals surface area contributed by atoms with Crippen LogP contribution in [0.2, 0.25) is 0 Å². The normalized spacial score (nSPS) is 11.2. The van der Waals surface area contributed by atoms with E-state index in [1.54, 1.807) is 18.6 Å². The molecular formula is C17H17N5OS. The Labute approximate surface area is 144 Å². The Balaban J connectivity index is 1.59. The van der Waals surface area contributed by atoms with E-state index in [0.717, 1.165) is 28.3 Å². The first-order valence-electron chi connectivity index (χ1n) is 7.58. The van der Waals surface area contributed by atoms with Crippen molar-refractivity contribution in [3.8, 4) is 0 Å². The van der Waals surface area contributed by atoms with Crippen LogP contribution >= 0.6 is 11.8 Å². The van der Waals surface area contributed by atoms with E-state index in [0.29, 0.717) is 0 Å². The summed E-state index contributed by atoms with van der Waals surface area (Å²) < 4.78 is 2.10. The molecule has 3 rings (SSSR count). The number of nitrogens with one attached hydrogen (secondary N) is 1. The fourth-order valence-corrected chi connectivity index (χ4v) is 3.13. The lowest BCUT2D eigenvalue weighted by molar-refractivity contribution is -0.118. The molecule has 24 heavy (non-hydrogen) atoms. The zero-order valence-electron chi connectivity index (χ0n) is 13.2. The van der Waals surface area contributed by atoms with Gasteiger partial charge in [0, 0.05) is 18.9 Å². The maximum atomic E-state index is 11.9. The lowest BCUT2D eigenvalue weighted by atomic mass is 10.3. The van der Waals surface area contributed by atoms with Crippen molar-refractivity contribution in [2.75, 3.05) is 5.75 Å². The van der Waals surface area contributed by atoms with Gasteiger partial charge in [0.1, 0.15) is 0 Å². The number of hydrogen-bond acceptors (Lipinski definition) is 5. The number of thioether (sulfide) groups is 1. The van der Waals surface area contributed by atoms with E-state index < -0.39 is 0 Å². The van der Waals surface area contributed by atoms with Crippen LogP contribution in [-0.4, -0.2) is 32.4 Å². The Morgan fingerprint density at radius 1 is 1.29 bits per heavy atom. The Morgan fingerprint density at radius 2 is 2.08 bits per heavy atom. The van der Waals surface area contributed by atoms with Crippen molar-refractivity contribution >= 4 is 34.9 Å². The third kappa shape index (κ3) is 3.80. The summed E-state index contributed by atoms with van der Waals surface area (Å²) in [6.07, 6.45) is 4.94. The minimum absolute atomic E-state index is 0.167. The predicted octanol–water partition coefficient (Wildman–Crippen LogP) is 2.69. The molecule has 0 bridgehead atoms. The van der Waals surface area contributed by atoms with E-state index in [4.69, 9.17) is 0 Å². The topological polar surface area (TPSA) is 72.2 Å². The number of amides is 1. The van der Waals surface area contributed by atoms with Gasteiger partial charge in [-0.25, -0.2) is 10.4 Å². The summed E-state index contributed by atoms with van der Waals surface area (Å²) in [5, 5.41) is 4.79. The summed E-state index contributed by atoms with van der Waals surface area (Å²) >= 11 is 1.41. The van der Waals surface area contributed by atoms with Gasteiger partial charge in [-0.05, 0) is 36.8 Å². The number of hydrazone groups is 1. The molecule has 7 heteroatoms. The van der Waals surface area contributed by atoms with Crippen LogP contribution in [0.5, 0.6) is 0 Å². The monoisotopic (exact) mass is 339 g/mol. The number of aromatic nitrogens is 3. The summed E-state index contributed by atoms with van der Waals surface area (Å²) in [4.78, 5) is 20.4. The van der Waals surface area contributed by atoms with Crippen LogP contribution in [0.1, 0.15) is 12.5 Å². The number of rotatable bonds is 6. The van der Waals surface area contributed by atoms with Crippen molar-refractivity contribution in [1.82, 2.24) is 20.0 Å². The molecule has 1 N–H and O–H groups in total. The lowest BCUT2D eigenvalue weighted by Crippen LogP contribution is -2.20. The molecule has 3 aromatic rings. The molecular weight excluding hydrogens is 322 g/mol. The van der Waals surface area contributed by atoms with E-state index >= 15 is 0 Å². The third-order valence-electron chi connectivity index (χ3n) is 3.38. The number of carbonyl (C=O) groups is 1. The van der Waals surface area contributed by atoms with Gasteiger partial charge in [0.05, 0.1) is 23.0 Å². The molecule has 0 saturated heterocycles. The molecule has 122 valence electrons. The highest BCUT2D eigenvalue weighted by atomic mass is 32.2. The first-order valence-corrected chi connectivity index (χ1v) is 8.56. The van der Waals surface area contributed by atoms with Crippen LogP contribution in [0.4, 0.5) is 0 Å². The van der Waals surface area contributed by atoms with Crippen LogP contribution < -0.4 is 5.43 Å². The molecule has 1 amide bonds. The van der Waals surface area contributed by atoms with Gasteiger partial charge in [0.2, 0.25) is 0 Å². The van der Waals surface area contributed by atoms with Gasteiger partial charge in [-0.1, -0.05) is 23.9 Å². The molecule has 2 aromatic heterocycles. The molecule has 0 aliphatic carbocycles. The number of carbonyl (C=O) groups excluding carboxylic acids is 1. The van der Waals surface area contributed by atoms with Crippen molar-refractivity contribution < 1.29 is 4.79 Å². The Kier molecular flexibility index (Phi) is 5.22. The maximum Gasteiger partial charge on any atom is 0.250 e. The zero-order chi connectivity index (χ0) is 16.8. The van der Waals surface area contributed by atoms with Crippen molar-refractivity contribution in [3.05, 3.63) is 54.4 Å². The molecule has 0 unspecified atom stereocenters. The minimum Gasteiger partial charge on any atom is -0.319 e. The average Bonchev–Trinajstić information content (AvgIpc) is 2.98. The van der Waals surface area contributed by atoms with Crippen molar-refractivity contribution in [2.24, 2.45) is 5.10 Å². The molecule has 0 atom stereocenters. The van der Waals surface area contributed by atoms with Gasteiger partial charge >= 0.3 is 0 Å². The molecule has 1 aromatic carbocycles. The maximum absolute atomic E-state index is 11.9. The second-order valence-electron chi connectivity index (χ2n) is 4.99. The first-order chi connectivity index (χ1) is 11.8. The molecule has 2 heterocycles. The fraction of sp³-hybridized carbons (Fsp3) is 0.176. The number of benzene rings is 1. The van der Waals surface area contributed by atoms with Crippen LogP contribution in [0, 0.1) is 0 Å². The number of pyridine rings is 1. The van der Waals surface area contributed by atoms with Gasteiger partial charge in [-0.15, -0.1) is 0 Å². The number of fused-ring (bicyclic) bond motifs is 1. The third-order valence-corrected chi connectivity index (χ3v) is 4.35. The molecule has 0 aliphatic rings. The number of hydrogen-bond donors (Lipinski definition) is 1. The molecule has 0 saturated carbocycles. The second kappa shape index (κ2) is 7.74. The van der Waals surface area contributed by atoms with Gasteiger partial charge in [-0.3, -0.25) is 9.78 Å². The second-order valence-corrected chi connectivity index (χ2v) is 5.93. The minimum atomic E-state index is -0.167. The summed E-state index contributed by atoms with van der Waals surface area (Å²) in [6, 6.07) is 11.6. The molecule has 0 fully saturated rings. The van der Waals surface area contributed by atoms with Crippen LogP contribution in [0.3, 0.4) is 0 Å². The number of nitrogens with zero attached hydrogens (tertiary/aromatic N) is 4. The number of imidazole rings is 1. The van der Waals surface area contributed by atoms with E-state index in [-0.39, 0.29) is 11.7 Å². The number of para-hydroxylation sites is 2. The molecule has 6 nitrogen and oxygen atoms in total. The quantitative estimate of drug-likeness (QED) is 0.426. The van der Waals surface area contributed by atoms with Crippen LogP contribution in [0.15, 0.2) is 59.0 Å². The highest BCUT2D eigenvalue weighted by molar-refractivity contribution is 7.99. The van der Waals surface area contributed by atoms with Gasteiger partial charge < -0.3 is 4.57 Å². The largest absolute Gasteiger partial charge is 0.319 e. The average molecular weight is 339 g/mol. The summed E-state index contributed by atoms with van der Waals surface area (Å²) in [5.74, 6) is 0.0943. The van der Waals surface area contributed by atoms with Gasteiger partial charge in [0.25, 0.3) is 5.91 Å². The Bertz CT molecular complexity index is 860.